The Hall–Kier alpha value is -0.330. The van der Waals surface area contributed by atoms with Crippen LogP contribution < -0.4 is 0 Å². The molecule has 0 fully saturated rings. The van der Waals surface area contributed by atoms with Crippen LogP contribution in [-0.4, -0.2) is 25.0 Å². The van der Waals surface area contributed by atoms with Crippen LogP contribution >= 0.6 is 15.9 Å². The smallest absolute Gasteiger partial charge is 0.216 e. The SMILES string of the molecule is CC(C)S(=O)(=O)N(C)Cc1ccc(Br)o1. The summed E-state index contributed by atoms with van der Waals surface area (Å²) in [7, 11) is -1.66. The first-order chi connectivity index (χ1) is 6.84. The van der Waals surface area contributed by atoms with Gasteiger partial charge in [0.1, 0.15) is 5.76 Å². The topological polar surface area (TPSA) is 50.5 Å². The van der Waals surface area contributed by atoms with Crippen molar-refractivity contribution in [2.45, 2.75) is 25.6 Å². The first-order valence-corrected chi connectivity index (χ1v) is 6.83. The predicted octanol–water partition coefficient (Wildman–Crippen LogP) is 2.21. The maximum atomic E-state index is 11.7. The second-order valence-corrected chi connectivity index (χ2v) is 6.93. The van der Waals surface area contributed by atoms with Gasteiger partial charge in [0.25, 0.3) is 0 Å². The number of furan rings is 1. The zero-order valence-electron chi connectivity index (χ0n) is 8.90. The Balaban J connectivity index is 2.76. The lowest BCUT2D eigenvalue weighted by Gasteiger charge is -2.18. The molecule has 0 saturated heterocycles. The lowest BCUT2D eigenvalue weighted by Crippen LogP contribution is -2.32. The van der Waals surface area contributed by atoms with Crippen LogP contribution in [0.4, 0.5) is 0 Å². The van der Waals surface area contributed by atoms with Gasteiger partial charge in [-0.25, -0.2) is 8.42 Å². The highest BCUT2D eigenvalue weighted by Crippen LogP contribution is 2.17. The summed E-state index contributed by atoms with van der Waals surface area (Å²) in [5.41, 5.74) is 0. The van der Waals surface area contributed by atoms with Crippen LogP contribution in [-0.2, 0) is 16.6 Å². The molecule has 1 aromatic rings. The second kappa shape index (κ2) is 4.67. The summed E-state index contributed by atoms with van der Waals surface area (Å²) < 4.78 is 30.6. The Labute approximate surface area is 98.4 Å². The number of halogens is 1. The summed E-state index contributed by atoms with van der Waals surface area (Å²) in [4.78, 5) is 0. The van der Waals surface area contributed by atoms with E-state index in [1.807, 2.05) is 0 Å². The van der Waals surface area contributed by atoms with E-state index in [4.69, 9.17) is 4.42 Å². The summed E-state index contributed by atoms with van der Waals surface area (Å²) >= 11 is 3.17. The van der Waals surface area contributed by atoms with Gasteiger partial charge in [-0.2, -0.15) is 4.31 Å². The fraction of sp³-hybridized carbons (Fsp3) is 0.556. The van der Waals surface area contributed by atoms with Crippen molar-refractivity contribution in [3.63, 3.8) is 0 Å². The Morgan fingerprint density at radius 3 is 2.47 bits per heavy atom. The molecule has 0 radical (unpaired) electrons. The van der Waals surface area contributed by atoms with Gasteiger partial charge < -0.3 is 4.42 Å². The minimum atomic E-state index is -3.21. The lowest BCUT2D eigenvalue weighted by molar-refractivity contribution is 0.396. The fourth-order valence-corrected chi connectivity index (χ4v) is 2.47. The molecule has 0 bridgehead atoms. The molecule has 0 aliphatic rings. The Kier molecular flexibility index (Phi) is 3.97. The van der Waals surface area contributed by atoms with Crippen molar-refractivity contribution < 1.29 is 12.8 Å². The van der Waals surface area contributed by atoms with Gasteiger partial charge >= 0.3 is 0 Å². The highest BCUT2D eigenvalue weighted by molar-refractivity contribution is 9.10. The van der Waals surface area contributed by atoms with Gasteiger partial charge in [0.2, 0.25) is 10.0 Å². The van der Waals surface area contributed by atoms with Crippen molar-refractivity contribution in [1.82, 2.24) is 4.31 Å². The van der Waals surface area contributed by atoms with Crippen LogP contribution in [0.1, 0.15) is 19.6 Å². The van der Waals surface area contributed by atoms with Crippen molar-refractivity contribution in [3.05, 3.63) is 22.6 Å². The van der Waals surface area contributed by atoms with Crippen LogP contribution in [0.15, 0.2) is 21.2 Å². The molecule has 4 nitrogen and oxygen atoms in total. The summed E-state index contributed by atoms with van der Waals surface area (Å²) in [6.45, 7) is 3.57. The van der Waals surface area contributed by atoms with Crippen LogP contribution in [0.3, 0.4) is 0 Å². The monoisotopic (exact) mass is 295 g/mol. The van der Waals surface area contributed by atoms with Crippen molar-refractivity contribution in [1.29, 1.82) is 0 Å². The predicted molar refractivity (Wildman–Crippen MR) is 61.9 cm³/mol. The average Bonchev–Trinajstić information content (AvgIpc) is 2.50. The standard InChI is InChI=1S/C9H14BrNO3S/c1-7(2)15(12,13)11(3)6-8-4-5-9(10)14-8/h4-5,7H,6H2,1-3H3. The van der Waals surface area contributed by atoms with E-state index >= 15 is 0 Å². The van der Waals surface area contributed by atoms with E-state index in [9.17, 15) is 8.42 Å². The number of hydrogen-bond donors (Lipinski definition) is 0. The minimum Gasteiger partial charge on any atom is -0.453 e. The van der Waals surface area contributed by atoms with Crippen molar-refractivity contribution >= 4 is 26.0 Å². The first-order valence-electron chi connectivity index (χ1n) is 4.53. The molecule has 6 heteroatoms. The van der Waals surface area contributed by atoms with Gasteiger partial charge in [-0.3, -0.25) is 0 Å². The second-order valence-electron chi connectivity index (χ2n) is 3.56. The molecule has 0 unspecified atom stereocenters. The number of hydrogen-bond acceptors (Lipinski definition) is 3. The van der Waals surface area contributed by atoms with E-state index in [-0.39, 0.29) is 6.54 Å². The minimum absolute atomic E-state index is 0.256. The molecule has 0 aliphatic carbocycles. The molecule has 0 atom stereocenters. The maximum absolute atomic E-state index is 11.7. The molecular weight excluding hydrogens is 282 g/mol. The van der Waals surface area contributed by atoms with E-state index in [1.54, 1.807) is 33.0 Å². The van der Waals surface area contributed by atoms with Crippen LogP contribution in [0, 0.1) is 0 Å². The molecule has 0 aromatic carbocycles. The molecule has 86 valence electrons. The zero-order chi connectivity index (χ0) is 11.6. The molecule has 0 aliphatic heterocycles. The fourth-order valence-electron chi connectivity index (χ4n) is 1.11. The number of sulfonamides is 1. The molecule has 0 spiro atoms. The van der Waals surface area contributed by atoms with E-state index in [1.165, 1.54) is 4.31 Å². The van der Waals surface area contributed by atoms with Gasteiger partial charge in [-0.15, -0.1) is 0 Å². The Bertz CT molecular complexity index is 424. The van der Waals surface area contributed by atoms with E-state index in [0.717, 1.165) is 0 Å². The van der Waals surface area contributed by atoms with Gasteiger partial charge in [0.05, 0.1) is 11.8 Å². The molecule has 1 rings (SSSR count). The van der Waals surface area contributed by atoms with Crippen molar-refractivity contribution in [3.8, 4) is 0 Å². The Morgan fingerprint density at radius 1 is 1.47 bits per heavy atom. The normalized spacial score (nSPS) is 12.7. The molecule has 15 heavy (non-hydrogen) atoms. The highest BCUT2D eigenvalue weighted by Gasteiger charge is 2.22. The highest BCUT2D eigenvalue weighted by atomic mass is 79.9. The van der Waals surface area contributed by atoms with E-state index in [0.29, 0.717) is 10.4 Å². The molecule has 0 N–H and O–H groups in total. The first kappa shape index (κ1) is 12.7. The summed E-state index contributed by atoms with van der Waals surface area (Å²) in [6, 6.07) is 3.49. The van der Waals surface area contributed by atoms with Crippen LogP contribution in [0.2, 0.25) is 0 Å². The van der Waals surface area contributed by atoms with Gasteiger partial charge in [-0.05, 0) is 41.9 Å². The summed E-state index contributed by atoms with van der Waals surface area (Å²) in [6.07, 6.45) is 0. The van der Waals surface area contributed by atoms with Crippen LogP contribution in [0.25, 0.3) is 0 Å². The number of nitrogens with zero attached hydrogens (tertiary/aromatic N) is 1. The van der Waals surface area contributed by atoms with Gasteiger partial charge in [-0.1, -0.05) is 0 Å². The quantitative estimate of drug-likeness (QED) is 0.856. The summed E-state index contributed by atoms with van der Waals surface area (Å²) in [5.74, 6) is 0.619. The van der Waals surface area contributed by atoms with Crippen molar-refractivity contribution in [2.75, 3.05) is 7.05 Å². The van der Waals surface area contributed by atoms with E-state index in [2.05, 4.69) is 15.9 Å². The third kappa shape index (κ3) is 3.06. The molecule has 0 amide bonds. The van der Waals surface area contributed by atoms with Gasteiger partial charge in [0.15, 0.2) is 4.67 Å². The van der Waals surface area contributed by atoms with Crippen molar-refractivity contribution in [2.24, 2.45) is 0 Å². The Morgan fingerprint density at radius 2 is 2.07 bits per heavy atom. The average molecular weight is 296 g/mol. The molecular formula is C9H14BrNO3S. The summed E-state index contributed by atoms with van der Waals surface area (Å²) in [5, 5.41) is -0.416. The maximum Gasteiger partial charge on any atom is 0.216 e. The molecule has 1 aromatic heterocycles. The third-order valence-corrected chi connectivity index (χ3v) is 4.65. The lowest BCUT2D eigenvalue weighted by atomic mass is 10.4. The largest absolute Gasteiger partial charge is 0.453 e. The van der Waals surface area contributed by atoms with Crippen LogP contribution in [0.5, 0.6) is 0 Å². The molecule has 1 heterocycles. The zero-order valence-corrected chi connectivity index (χ0v) is 11.3. The third-order valence-electron chi connectivity index (χ3n) is 2.04. The van der Waals surface area contributed by atoms with E-state index < -0.39 is 15.3 Å². The molecule has 0 saturated carbocycles. The number of rotatable bonds is 4. The van der Waals surface area contributed by atoms with Gasteiger partial charge in [0, 0.05) is 7.05 Å².